The number of carbonyl (C=O) groups is 3. The summed E-state index contributed by atoms with van der Waals surface area (Å²) in [7, 11) is -4.19. The zero-order chi connectivity index (χ0) is 20.2. The van der Waals surface area contributed by atoms with Gasteiger partial charge in [-0.05, 0) is 0 Å². The summed E-state index contributed by atoms with van der Waals surface area (Å²) in [4.78, 5) is 44.9. The molecule has 1 rings (SSSR count). The van der Waals surface area contributed by atoms with Crippen LogP contribution in [0.4, 0.5) is 0 Å². The molecule has 0 unspecified atom stereocenters. The van der Waals surface area contributed by atoms with Gasteiger partial charge in [0.15, 0.2) is 0 Å². The Bertz CT molecular complexity index is 546. The van der Waals surface area contributed by atoms with Gasteiger partial charge < -0.3 is 0 Å². The van der Waals surface area contributed by atoms with E-state index >= 15 is 0 Å². The monoisotopic (exact) mass is 397 g/mol. The van der Waals surface area contributed by atoms with Crippen molar-refractivity contribution in [2.45, 2.75) is 47.1 Å². The molecular formula is C15H28NO9P. The fourth-order valence-electron chi connectivity index (χ4n) is 1.94. The molecule has 3 N–H and O–H groups in total. The minimum atomic E-state index is -4.19. The van der Waals surface area contributed by atoms with Crippen molar-refractivity contribution in [2.75, 3.05) is 19.9 Å². The Morgan fingerprint density at radius 1 is 1.31 bits per heavy atom. The van der Waals surface area contributed by atoms with Crippen LogP contribution < -0.4 is 5.32 Å². The quantitative estimate of drug-likeness (QED) is 0.326. The number of ether oxygens (including phenoxy) is 1. The zero-order valence-electron chi connectivity index (χ0n) is 15.7. The topological polar surface area (TPSA) is 141 Å². The van der Waals surface area contributed by atoms with Crippen molar-refractivity contribution in [1.82, 2.24) is 5.32 Å². The molecule has 0 aromatic rings. The van der Waals surface area contributed by atoms with Crippen LogP contribution in [0.5, 0.6) is 0 Å². The first kappa shape index (κ1) is 22.7. The number of carboxylic acid groups (broad SMARTS) is 1. The molecule has 0 saturated carbocycles. The van der Waals surface area contributed by atoms with Gasteiger partial charge in [-0.15, -0.1) is 0 Å². The van der Waals surface area contributed by atoms with E-state index in [1.165, 1.54) is 0 Å². The van der Waals surface area contributed by atoms with Crippen LogP contribution in [0.3, 0.4) is 0 Å². The molecule has 0 bridgehead atoms. The van der Waals surface area contributed by atoms with Gasteiger partial charge in [0.25, 0.3) is 0 Å². The van der Waals surface area contributed by atoms with E-state index in [1.54, 1.807) is 34.6 Å². The van der Waals surface area contributed by atoms with E-state index < -0.39 is 49.7 Å². The number of rotatable bonds is 7. The predicted octanol–water partition coefficient (Wildman–Crippen LogP) is 0.984. The number of nitrogens with one attached hydrogen (secondary N) is 1. The van der Waals surface area contributed by atoms with Gasteiger partial charge >= 0.3 is 152 Å². The van der Waals surface area contributed by atoms with Crippen LogP contribution in [0.1, 0.15) is 41.0 Å². The van der Waals surface area contributed by atoms with Crippen molar-refractivity contribution in [2.24, 2.45) is 10.8 Å². The number of amides is 1. The van der Waals surface area contributed by atoms with E-state index in [4.69, 9.17) is 23.4 Å². The molecular weight excluding hydrogens is 369 g/mol. The summed E-state index contributed by atoms with van der Waals surface area (Å²) in [6.45, 7) is 7.70. The van der Waals surface area contributed by atoms with E-state index in [0.29, 0.717) is 0 Å². The summed E-state index contributed by atoms with van der Waals surface area (Å²) in [5.74, 6) is -2.16. The maximum atomic E-state index is 12.3. The van der Waals surface area contributed by atoms with Crippen molar-refractivity contribution in [3.8, 4) is 0 Å². The van der Waals surface area contributed by atoms with Gasteiger partial charge in [-0.25, -0.2) is 0 Å². The van der Waals surface area contributed by atoms with Crippen molar-refractivity contribution in [3.05, 3.63) is 0 Å². The second-order valence-electron chi connectivity index (χ2n) is 7.68. The zero-order valence-corrected chi connectivity index (χ0v) is 16.7. The molecule has 0 spiro atoms. The normalized spacial score (nSPS) is 22.9. The van der Waals surface area contributed by atoms with E-state index in [2.05, 4.69) is 5.32 Å². The SMILES string of the molecule is CC(C)(C)C(=O)OCO[PH]1(O)OCC(C)(C)[C@H](C(=O)NCCC(=O)O)O1. The van der Waals surface area contributed by atoms with E-state index in [-0.39, 0.29) is 19.6 Å². The first-order chi connectivity index (χ1) is 11.8. The molecule has 1 saturated heterocycles. The van der Waals surface area contributed by atoms with E-state index in [1.807, 2.05) is 0 Å². The predicted molar refractivity (Wildman–Crippen MR) is 91.9 cm³/mol. The molecule has 1 fully saturated rings. The Kier molecular flexibility index (Phi) is 7.50. The van der Waals surface area contributed by atoms with E-state index in [0.717, 1.165) is 0 Å². The summed E-state index contributed by atoms with van der Waals surface area (Å²) >= 11 is 0. The molecule has 1 heterocycles. The van der Waals surface area contributed by atoms with Crippen LogP contribution in [0.2, 0.25) is 0 Å². The van der Waals surface area contributed by atoms with Crippen LogP contribution in [-0.4, -0.2) is 53.9 Å². The minimum absolute atomic E-state index is 0.0278. The molecule has 0 aliphatic carbocycles. The number of hydrogen-bond donors (Lipinski definition) is 3. The number of aliphatic carboxylic acids is 1. The summed E-state index contributed by atoms with van der Waals surface area (Å²) in [5.41, 5.74) is -1.52. The molecule has 1 amide bonds. The molecule has 1 atom stereocenters. The Morgan fingerprint density at radius 2 is 1.92 bits per heavy atom. The summed E-state index contributed by atoms with van der Waals surface area (Å²) in [5, 5.41) is 11.1. The molecule has 10 nitrogen and oxygen atoms in total. The fraction of sp³-hybridized carbons (Fsp3) is 0.800. The Labute approximate surface area is 152 Å². The van der Waals surface area contributed by atoms with Crippen LogP contribution in [0.25, 0.3) is 0 Å². The average molecular weight is 397 g/mol. The number of hydrogen-bond acceptors (Lipinski definition) is 8. The van der Waals surface area contributed by atoms with Crippen molar-refractivity contribution < 1.29 is 42.7 Å². The Balaban J connectivity index is 2.64. The van der Waals surface area contributed by atoms with Gasteiger partial charge in [0.2, 0.25) is 0 Å². The van der Waals surface area contributed by atoms with Crippen molar-refractivity contribution >= 4 is 26.0 Å². The van der Waals surface area contributed by atoms with E-state index in [9.17, 15) is 19.3 Å². The first-order valence-corrected chi connectivity index (χ1v) is 9.79. The van der Waals surface area contributed by atoms with Gasteiger partial charge in [0, 0.05) is 0 Å². The Hall–Kier alpha value is -1.32. The van der Waals surface area contributed by atoms with Gasteiger partial charge in [0.05, 0.1) is 0 Å². The molecule has 1 aliphatic heterocycles. The molecule has 0 aromatic heterocycles. The van der Waals surface area contributed by atoms with Crippen LogP contribution in [-0.2, 0) is 32.7 Å². The summed E-state index contributed by atoms with van der Waals surface area (Å²) in [6.07, 6.45) is -1.35. The van der Waals surface area contributed by atoms with Crippen LogP contribution in [0.15, 0.2) is 0 Å². The molecule has 0 aromatic carbocycles. The third-order valence-electron chi connectivity index (χ3n) is 3.52. The third-order valence-corrected chi connectivity index (χ3v) is 5.05. The molecule has 26 heavy (non-hydrogen) atoms. The van der Waals surface area contributed by atoms with Gasteiger partial charge in [0.1, 0.15) is 0 Å². The standard InChI is InChI=1S/C15H28NO9P/c1-14(2,3)13(20)22-9-24-26(21)23-8-15(4,5)11(25-26)12(19)16-7-6-10(17)18/h11,21,26H,6-9H2,1-5H3,(H,16,19)(H,17,18)/t11-/m0/s1. The number of carboxylic acids is 1. The Morgan fingerprint density at radius 3 is 2.46 bits per heavy atom. The molecule has 152 valence electrons. The second kappa shape index (κ2) is 8.58. The van der Waals surface area contributed by atoms with Gasteiger partial charge in [-0.2, -0.15) is 0 Å². The van der Waals surface area contributed by atoms with Crippen molar-refractivity contribution in [1.29, 1.82) is 0 Å². The molecule has 1 aliphatic rings. The second-order valence-corrected chi connectivity index (χ2v) is 9.54. The first-order valence-electron chi connectivity index (χ1n) is 8.12. The third kappa shape index (κ3) is 6.77. The van der Waals surface area contributed by atoms with Crippen LogP contribution >= 0.6 is 8.17 Å². The van der Waals surface area contributed by atoms with Crippen molar-refractivity contribution in [3.63, 3.8) is 0 Å². The fourth-order valence-corrected chi connectivity index (χ4v) is 3.64. The average Bonchev–Trinajstić information content (AvgIpc) is 2.48. The molecule has 11 heteroatoms. The molecule has 0 radical (unpaired) electrons. The summed E-state index contributed by atoms with van der Waals surface area (Å²) < 4.78 is 20.6. The summed E-state index contributed by atoms with van der Waals surface area (Å²) in [6, 6.07) is 0. The number of carbonyl (C=O) groups excluding carboxylic acids is 2. The maximum absolute atomic E-state index is 12.3. The van der Waals surface area contributed by atoms with Crippen LogP contribution in [0, 0.1) is 10.8 Å². The number of esters is 1. The van der Waals surface area contributed by atoms with Gasteiger partial charge in [-0.3, -0.25) is 0 Å². The van der Waals surface area contributed by atoms with Gasteiger partial charge in [-0.1, -0.05) is 0 Å².